The van der Waals surface area contributed by atoms with Crippen molar-refractivity contribution in [3.05, 3.63) is 21.9 Å². The molecule has 1 aromatic heterocycles. The van der Waals surface area contributed by atoms with Crippen LogP contribution in [-0.4, -0.2) is 41.8 Å². The monoisotopic (exact) mass is 363 g/mol. The molecule has 7 heteroatoms. The standard InChI is InChI=1S/C18H25N3O3S/c1-11(22)19-10-13-4-5-14(25-13)16(23)21-8-6-12(7-9-21)15-18(2,3)17(24)20-15/h4-5,12,15H,6-10H2,1-3H3,(H,19,22)(H,20,24). The summed E-state index contributed by atoms with van der Waals surface area (Å²) in [6.45, 7) is 7.39. The van der Waals surface area contributed by atoms with Gasteiger partial charge in [0.15, 0.2) is 0 Å². The van der Waals surface area contributed by atoms with E-state index in [0.717, 1.165) is 35.7 Å². The minimum Gasteiger partial charge on any atom is -0.351 e. The van der Waals surface area contributed by atoms with E-state index in [0.29, 0.717) is 12.5 Å². The molecular weight excluding hydrogens is 338 g/mol. The second kappa shape index (κ2) is 6.78. The van der Waals surface area contributed by atoms with Crippen LogP contribution in [0.5, 0.6) is 0 Å². The summed E-state index contributed by atoms with van der Waals surface area (Å²) < 4.78 is 0. The number of thiophene rings is 1. The summed E-state index contributed by atoms with van der Waals surface area (Å²) in [5.74, 6) is 0.556. The maximum Gasteiger partial charge on any atom is 0.263 e. The van der Waals surface area contributed by atoms with Crippen LogP contribution in [0.2, 0.25) is 0 Å². The predicted molar refractivity (Wildman–Crippen MR) is 96.2 cm³/mol. The Morgan fingerprint density at radius 1 is 1.32 bits per heavy atom. The van der Waals surface area contributed by atoms with E-state index >= 15 is 0 Å². The predicted octanol–water partition coefficient (Wildman–Crippen LogP) is 1.76. The summed E-state index contributed by atoms with van der Waals surface area (Å²) in [6, 6.07) is 3.96. The summed E-state index contributed by atoms with van der Waals surface area (Å²) >= 11 is 1.44. The molecule has 0 aliphatic carbocycles. The zero-order valence-electron chi connectivity index (χ0n) is 14.9. The lowest BCUT2D eigenvalue weighted by molar-refractivity contribution is -0.146. The minimum absolute atomic E-state index is 0.0643. The zero-order chi connectivity index (χ0) is 18.2. The van der Waals surface area contributed by atoms with Crippen molar-refractivity contribution in [2.24, 2.45) is 11.3 Å². The van der Waals surface area contributed by atoms with Crippen LogP contribution < -0.4 is 10.6 Å². The van der Waals surface area contributed by atoms with E-state index < -0.39 is 0 Å². The second-order valence-electron chi connectivity index (χ2n) is 7.48. The van der Waals surface area contributed by atoms with E-state index in [9.17, 15) is 14.4 Å². The Bertz CT molecular complexity index is 689. The van der Waals surface area contributed by atoms with Crippen LogP contribution in [0.1, 0.15) is 48.2 Å². The molecule has 3 rings (SSSR count). The molecule has 2 aliphatic heterocycles. The molecule has 1 unspecified atom stereocenters. The molecule has 2 fully saturated rings. The van der Waals surface area contributed by atoms with Gasteiger partial charge < -0.3 is 15.5 Å². The van der Waals surface area contributed by atoms with Gasteiger partial charge in [-0.1, -0.05) is 0 Å². The molecule has 3 heterocycles. The topological polar surface area (TPSA) is 78.5 Å². The van der Waals surface area contributed by atoms with Crippen LogP contribution in [0.3, 0.4) is 0 Å². The molecule has 0 bridgehead atoms. The second-order valence-corrected chi connectivity index (χ2v) is 8.65. The van der Waals surface area contributed by atoms with Crippen LogP contribution in [0.15, 0.2) is 12.1 Å². The highest BCUT2D eigenvalue weighted by Crippen LogP contribution is 2.38. The third kappa shape index (κ3) is 3.56. The van der Waals surface area contributed by atoms with Crippen molar-refractivity contribution in [2.45, 2.75) is 46.2 Å². The van der Waals surface area contributed by atoms with Crippen LogP contribution in [0.4, 0.5) is 0 Å². The molecule has 136 valence electrons. The lowest BCUT2D eigenvalue weighted by atomic mass is 9.68. The fourth-order valence-corrected chi connectivity index (χ4v) is 4.58. The van der Waals surface area contributed by atoms with Gasteiger partial charge in [-0.05, 0) is 44.7 Å². The van der Waals surface area contributed by atoms with Crippen molar-refractivity contribution >= 4 is 29.1 Å². The molecule has 2 aliphatic rings. The number of hydrogen-bond donors (Lipinski definition) is 2. The molecule has 1 atom stereocenters. The number of piperidine rings is 1. The molecule has 25 heavy (non-hydrogen) atoms. The number of likely N-dealkylation sites (tertiary alicyclic amines) is 1. The van der Waals surface area contributed by atoms with Crippen molar-refractivity contribution in [1.29, 1.82) is 0 Å². The van der Waals surface area contributed by atoms with Gasteiger partial charge in [0.2, 0.25) is 11.8 Å². The number of rotatable bonds is 4. The maximum atomic E-state index is 12.7. The number of carbonyl (C=O) groups is 3. The maximum absolute atomic E-state index is 12.7. The molecule has 0 radical (unpaired) electrons. The van der Waals surface area contributed by atoms with E-state index in [4.69, 9.17) is 0 Å². The van der Waals surface area contributed by atoms with Gasteiger partial charge in [-0.3, -0.25) is 14.4 Å². The van der Waals surface area contributed by atoms with Crippen LogP contribution in [0, 0.1) is 11.3 Å². The molecule has 0 spiro atoms. The molecule has 3 amide bonds. The summed E-state index contributed by atoms with van der Waals surface area (Å²) in [4.78, 5) is 38.9. The molecular formula is C18H25N3O3S. The average molecular weight is 363 g/mol. The highest BCUT2D eigenvalue weighted by atomic mass is 32.1. The van der Waals surface area contributed by atoms with Crippen molar-refractivity contribution in [3.63, 3.8) is 0 Å². The normalized spacial score (nSPS) is 22.9. The summed E-state index contributed by atoms with van der Waals surface area (Å²) in [6.07, 6.45) is 1.84. The van der Waals surface area contributed by atoms with Gasteiger partial charge in [0.1, 0.15) is 0 Å². The van der Waals surface area contributed by atoms with Gasteiger partial charge >= 0.3 is 0 Å². The van der Waals surface area contributed by atoms with Gasteiger partial charge in [0, 0.05) is 30.9 Å². The Balaban J connectivity index is 1.53. The number of amides is 3. The SMILES string of the molecule is CC(=O)NCc1ccc(C(=O)N2CCC(C3NC(=O)C3(C)C)CC2)s1. The number of β-lactam (4-membered cyclic amide) rings is 1. The highest BCUT2D eigenvalue weighted by Gasteiger charge is 2.51. The van der Waals surface area contributed by atoms with Gasteiger partial charge in [0.25, 0.3) is 5.91 Å². The van der Waals surface area contributed by atoms with E-state index in [-0.39, 0.29) is 29.2 Å². The van der Waals surface area contributed by atoms with Crippen LogP contribution in [-0.2, 0) is 16.1 Å². The fourth-order valence-electron chi connectivity index (χ4n) is 3.67. The van der Waals surface area contributed by atoms with E-state index in [1.807, 2.05) is 30.9 Å². The lowest BCUT2D eigenvalue weighted by Crippen LogP contribution is -2.68. The average Bonchev–Trinajstić information content (AvgIpc) is 3.06. The van der Waals surface area contributed by atoms with Crippen molar-refractivity contribution in [3.8, 4) is 0 Å². The van der Waals surface area contributed by atoms with Crippen molar-refractivity contribution < 1.29 is 14.4 Å². The Hall–Kier alpha value is -1.89. The summed E-state index contributed by atoms with van der Waals surface area (Å²) in [7, 11) is 0. The van der Waals surface area contributed by atoms with Gasteiger partial charge in [-0.25, -0.2) is 0 Å². The quantitative estimate of drug-likeness (QED) is 0.800. The highest BCUT2D eigenvalue weighted by molar-refractivity contribution is 7.14. The lowest BCUT2D eigenvalue weighted by Gasteiger charge is -2.50. The van der Waals surface area contributed by atoms with Gasteiger partial charge in [-0.15, -0.1) is 11.3 Å². The third-order valence-corrected chi connectivity index (χ3v) is 6.40. The first-order valence-corrected chi connectivity index (χ1v) is 9.54. The number of carbonyl (C=O) groups excluding carboxylic acids is 3. The largest absolute Gasteiger partial charge is 0.351 e. The van der Waals surface area contributed by atoms with Crippen molar-refractivity contribution in [2.75, 3.05) is 13.1 Å². The van der Waals surface area contributed by atoms with Gasteiger partial charge in [-0.2, -0.15) is 0 Å². The number of hydrogen-bond acceptors (Lipinski definition) is 4. The fraction of sp³-hybridized carbons (Fsp3) is 0.611. The van der Waals surface area contributed by atoms with Crippen LogP contribution in [0.25, 0.3) is 0 Å². The minimum atomic E-state index is -0.288. The van der Waals surface area contributed by atoms with Crippen LogP contribution >= 0.6 is 11.3 Å². The smallest absolute Gasteiger partial charge is 0.263 e. The summed E-state index contributed by atoms with van der Waals surface area (Å²) in [5, 5.41) is 5.78. The first-order valence-electron chi connectivity index (χ1n) is 8.72. The van der Waals surface area contributed by atoms with Crippen molar-refractivity contribution in [1.82, 2.24) is 15.5 Å². The molecule has 1 aromatic rings. The van der Waals surface area contributed by atoms with E-state index in [1.54, 1.807) is 0 Å². The zero-order valence-corrected chi connectivity index (χ0v) is 15.7. The molecule has 2 saturated heterocycles. The first kappa shape index (κ1) is 17.9. The van der Waals surface area contributed by atoms with Gasteiger partial charge in [0.05, 0.1) is 16.8 Å². The molecule has 6 nitrogen and oxygen atoms in total. The van der Waals surface area contributed by atoms with E-state index in [2.05, 4.69) is 10.6 Å². The Kier molecular flexibility index (Phi) is 4.86. The Morgan fingerprint density at radius 2 is 2.00 bits per heavy atom. The Morgan fingerprint density at radius 3 is 2.56 bits per heavy atom. The molecule has 2 N–H and O–H groups in total. The molecule has 0 saturated carbocycles. The van der Waals surface area contributed by atoms with E-state index in [1.165, 1.54) is 18.3 Å². The first-order chi connectivity index (χ1) is 11.8. The summed E-state index contributed by atoms with van der Waals surface area (Å²) in [5.41, 5.74) is -0.288. The Labute approximate surface area is 152 Å². The molecule has 0 aromatic carbocycles. The number of nitrogens with zero attached hydrogens (tertiary/aromatic N) is 1. The number of nitrogens with one attached hydrogen (secondary N) is 2. The third-order valence-electron chi connectivity index (χ3n) is 5.33.